The Balaban J connectivity index is 1.52. The van der Waals surface area contributed by atoms with E-state index in [0.29, 0.717) is 48.3 Å². The van der Waals surface area contributed by atoms with Crippen molar-refractivity contribution in [2.75, 3.05) is 25.3 Å². The fraction of sp³-hybridized carbons (Fsp3) is 0.381. The summed E-state index contributed by atoms with van der Waals surface area (Å²) in [5, 5.41) is 2.74. The van der Waals surface area contributed by atoms with Gasteiger partial charge in [0.1, 0.15) is 6.04 Å². The van der Waals surface area contributed by atoms with E-state index in [0.717, 1.165) is 0 Å². The summed E-state index contributed by atoms with van der Waals surface area (Å²) in [6.45, 7) is 4.60. The number of anilines is 1. The van der Waals surface area contributed by atoms with E-state index < -0.39 is 22.0 Å². The van der Waals surface area contributed by atoms with Crippen molar-refractivity contribution in [2.24, 2.45) is 5.92 Å². The van der Waals surface area contributed by atoms with Crippen molar-refractivity contribution in [3.05, 3.63) is 36.4 Å². The molecule has 2 N–H and O–H groups in total. The third kappa shape index (κ3) is 4.70. The number of rotatable bonds is 6. The van der Waals surface area contributed by atoms with Crippen molar-refractivity contribution in [1.29, 1.82) is 0 Å². The quantitative estimate of drug-likeness (QED) is 0.698. The monoisotopic (exact) mass is 448 g/mol. The highest BCUT2D eigenvalue weighted by Gasteiger charge is 2.29. The van der Waals surface area contributed by atoms with E-state index in [9.17, 15) is 13.2 Å². The lowest BCUT2D eigenvalue weighted by Crippen LogP contribution is -2.47. The van der Waals surface area contributed by atoms with Gasteiger partial charge in [0.2, 0.25) is 22.7 Å². The first-order valence-corrected chi connectivity index (χ1v) is 11.4. The maximum atomic E-state index is 13.0. The molecule has 1 atom stereocenters. The normalized spacial score (nSPS) is 16.0. The van der Waals surface area contributed by atoms with E-state index in [1.807, 2.05) is 0 Å². The second-order valence-corrected chi connectivity index (χ2v) is 9.27. The van der Waals surface area contributed by atoms with Crippen LogP contribution in [-0.4, -0.2) is 40.4 Å². The van der Waals surface area contributed by atoms with Crippen LogP contribution < -0.4 is 29.0 Å². The highest BCUT2D eigenvalue weighted by Crippen LogP contribution is 2.34. The van der Waals surface area contributed by atoms with E-state index in [1.165, 1.54) is 12.1 Å². The van der Waals surface area contributed by atoms with Crippen LogP contribution in [-0.2, 0) is 14.8 Å². The fourth-order valence-electron chi connectivity index (χ4n) is 3.23. The zero-order valence-corrected chi connectivity index (χ0v) is 18.0. The van der Waals surface area contributed by atoms with Gasteiger partial charge in [-0.15, -0.1) is 0 Å². The van der Waals surface area contributed by atoms with E-state index in [2.05, 4.69) is 10.0 Å². The number of fused-ring (bicyclic) bond motifs is 2. The van der Waals surface area contributed by atoms with Crippen LogP contribution in [0.25, 0.3) is 0 Å². The number of sulfonamides is 1. The van der Waals surface area contributed by atoms with Gasteiger partial charge in [0.15, 0.2) is 23.0 Å². The van der Waals surface area contributed by atoms with Gasteiger partial charge in [-0.05, 0) is 30.2 Å². The molecule has 0 bridgehead atoms. The molecule has 2 aromatic rings. The van der Waals surface area contributed by atoms with Gasteiger partial charge in [-0.3, -0.25) is 4.79 Å². The molecule has 0 aliphatic carbocycles. The van der Waals surface area contributed by atoms with Crippen molar-refractivity contribution in [1.82, 2.24) is 4.72 Å². The van der Waals surface area contributed by atoms with Crippen molar-refractivity contribution >= 4 is 21.6 Å². The number of carbonyl (C=O) groups is 1. The minimum Gasteiger partial charge on any atom is -0.490 e. The number of hydrogen-bond acceptors (Lipinski definition) is 7. The lowest BCUT2D eigenvalue weighted by Gasteiger charge is -2.22. The van der Waals surface area contributed by atoms with Crippen molar-refractivity contribution in [3.8, 4) is 23.0 Å². The summed E-state index contributed by atoms with van der Waals surface area (Å²) in [4.78, 5) is 12.9. The molecule has 2 heterocycles. The molecule has 0 aromatic heterocycles. The first kappa shape index (κ1) is 21.3. The van der Waals surface area contributed by atoms with E-state index in [1.54, 1.807) is 38.1 Å². The Kier molecular flexibility index (Phi) is 5.92. The Bertz CT molecular complexity index is 1090. The van der Waals surface area contributed by atoms with Crippen LogP contribution in [0.15, 0.2) is 41.3 Å². The standard InChI is InChI=1S/C21H24N2O7S/c1-13(2)20(21(24)22-14-4-6-17-18(10-14)30-12-29-17)23-31(25,26)15-5-7-16-19(11-15)28-9-3-8-27-16/h4-7,10-11,13,20,23H,3,8-9,12H2,1-2H3,(H,22,24)/t20-/m1/s1. The van der Waals surface area contributed by atoms with Crippen LogP contribution in [0.2, 0.25) is 0 Å². The third-order valence-corrected chi connectivity index (χ3v) is 6.34. The molecule has 2 aromatic carbocycles. The minimum absolute atomic E-state index is 0.00159. The summed E-state index contributed by atoms with van der Waals surface area (Å²) >= 11 is 0. The summed E-state index contributed by atoms with van der Waals surface area (Å²) < 4.78 is 50.2. The maximum absolute atomic E-state index is 13.0. The number of benzene rings is 2. The number of nitrogens with one attached hydrogen (secondary N) is 2. The zero-order valence-electron chi connectivity index (χ0n) is 17.2. The Hall–Kier alpha value is -2.98. The molecule has 0 saturated carbocycles. The van der Waals surface area contributed by atoms with Gasteiger partial charge in [0.05, 0.1) is 18.1 Å². The molecule has 31 heavy (non-hydrogen) atoms. The van der Waals surface area contributed by atoms with Crippen LogP contribution in [0.3, 0.4) is 0 Å². The Labute approximate surface area is 180 Å². The summed E-state index contributed by atoms with van der Waals surface area (Å²) in [6, 6.07) is 8.40. The van der Waals surface area contributed by atoms with Gasteiger partial charge in [-0.1, -0.05) is 13.8 Å². The fourth-order valence-corrected chi connectivity index (χ4v) is 4.59. The van der Waals surface area contributed by atoms with Gasteiger partial charge in [0.25, 0.3) is 0 Å². The molecule has 2 aliphatic heterocycles. The SMILES string of the molecule is CC(C)[C@@H](NS(=O)(=O)c1ccc2c(c1)OCCCO2)C(=O)Nc1ccc2c(c1)OCO2. The molecule has 0 saturated heterocycles. The predicted molar refractivity (Wildman–Crippen MR) is 112 cm³/mol. The van der Waals surface area contributed by atoms with Gasteiger partial charge in [-0.2, -0.15) is 4.72 Å². The first-order valence-electron chi connectivity index (χ1n) is 9.96. The van der Waals surface area contributed by atoms with Gasteiger partial charge in [0, 0.05) is 24.2 Å². The number of ether oxygens (including phenoxy) is 4. The Morgan fingerprint density at radius 3 is 2.32 bits per heavy atom. The molecule has 0 spiro atoms. The lowest BCUT2D eigenvalue weighted by atomic mass is 10.0. The van der Waals surface area contributed by atoms with Crippen LogP contribution in [0, 0.1) is 5.92 Å². The lowest BCUT2D eigenvalue weighted by molar-refractivity contribution is -0.118. The second kappa shape index (κ2) is 8.64. The van der Waals surface area contributed by atoms with Crippen molar-refractivity contribution in [3.63, 3.8) is 0 Å². The zero-order chi connectivity index (χ0) is 22.0. The molecule has 166 valence electrons. The average Bonchev–Trinajstić information content (AvgIpc) is 3.07. The van der Waals surface area contributed by atoms with Gasteiger partial charge < -0.3 is 24.3 Å². The number of hydrogen-bond donors (Lipinski definition) is 2. The summed E-state index contributed by atoms with van der Waals surface area (Å²) in [5.41, 5.74) is 0.481. The topological polar surface area (TPSA) is 112 Å². The maximum Gasteiger partial charge on any atom is 0.242 e. The van der Waals surface area contributed by atoms with Crippen LogP contribution >= 0.6 is 0 Å². The molecular weight excluding hydrogens is 424 g/mol. The molecule has 2 aliphatic rings. The van der Waals surface area contributed by atoms with E-state index in [-0.39, 0.29) is 17.6 Å². The second-order valence-electron chi connectivity index (χ2n) is 7.56. The van der Waals surface area contributed by atoms with Gasteiger partial charge in [-0.25, -0.2) is 8.42 Å². The predicted octanol–water partition coefficient (Wildman–Crippen LogP) is 2.52. The molecule has 0 radical (unpaired) electrons. The van der Waals surface area contributed by atoms with Crippen LogP contribution in [0.5, 0.6) is 23.0 Å². The Morgan fingerprint density at radius 1 is 0.903 bits per heavy atom. The Morgan fingerprint density at radius 2 is 1.55 bits per heavy atom. The van der Waals surface area contributed by atoms with Crippen molar-refractivity contribution < 1.29 is 32.2 Å². The molecule has 9 nitrogen and oxygen atoms in total. The van der Waals surface area contributed by atoms with Gasteiger partial charge >= 0.3 is 0 Å². The minimum atomic E-state index is -3.99. The molecule has 1 amide bonds. The molecule has 0 unspecified atom stereocenters. The molecule has 0 fully saturated rings. The van der Waals surface area contributed by atoms with Crippen LogP contribution in [0.4, 0.5) is 5.69 Å². The highest BCUT2D eigenvalue weighted by atomic mass is 32.2. The summed E-state index contributed by atoms with van der Waals surface area (Å²) in [6.07, 6.45) is 0.713. The van der Waals surface area contributed by atoms with Crippen LogP contribution in [0.1, 0.15) is 20.3 Å². The van der Waals surface area contributed by atoms with Crippen molar-refractivity contribution in [2.45, 2.75) is 31.2 Å². The van der Waals surface area contributed by atoms with E-state index in [4.69, 9.17) is 18.9 Å². The smallest absolute Gasteiger partial charge is 0.242 e. The summed E-state index contributed by atoms with van der Waals surface area (Å²) in [7, 11) is -3.99. The first-order chi connectivity index (χ1) is 14.8. The summed E-state index contributed by atoms with van der Waals surface area (Å²) in [5.74, 6) is 1.19. The number of amides is 1. The molecular formula is C21H24N2O7S. The largest absolute Gasteiger partial charge is 0.490 e. The molecule has 4 rings (SSSR count). The number of carbonyl (C=O) groups excluding carboxylic acids is 1. The average molecular weight is 448 g/mol. The highest BCUT2D eigenvalue weighted by molar-refractivity contribution is 7.89. The third-order valence-electron chi connectivity index (χ3n) is 4.90. The molecule has 10 heteroatoms. The van der Waals surface area contributed by atoms with E-state index >= 15 is 0 Å².